The smallest absolute Gasteiger partial charge is 0.308 e. The van der Waals surface area contributed by atoms with E-state index in [0.717, 1.165) is 5.56 Å². The molecule has 158 valence electrons. The molecule has 0 saturated heterocycles. The van der Waals surface area contributed by atoms with E-state index < -0.39 is 5.97 Å². The van der Waals surface area contributed by atoms with Gasteiger partial charge in [0.05, 0.1) is 5.56 Å². The second kappa shape index (κ2) is 8.07. The molecule has 5 aromatic rings. The van der Waals surface area contributed by atoms with E-state index in [1.165, 1.54) is 22.8 Å². The highest BCUT2D eigenvalue weighted by molar-refractivity contribution is 7.15. The van der Waals surface area contributed by atoms with Gasteiger partial charge in [-0.05, 0) is 48.5 Å². The van der Waals surface area contributed by atoms with Crippen LogP contribution in [0.2, 0.25) is 5.02 Å². The van der Waals surface area contributed by atoms with Gasteiger partial charge in [-0.1, -0.05) is 35.1 Å². The lowest BCUT2D eigenvalue weighted by Crippen LogP contribution is -2.23. The highest BCUT2D eigenvalue weighted by Crippen LogP contribution is 2.28. The maximum Gasteiger partial charge on any atom is 0.308 e. The van der Waals surface area contributed by atoms with E-state index in [1.807, 2.05) is 18.2 Å². The van der Waals surface area contributed by atoms with Crippen molar-refractivity contribution in [2.45, 2.75) is 6.92 Å². The van der Waals surface area contributed by atoms with Crippen molar-refractivity contribution in [1.82, 2.24) is 14.6 Å². The van der Waals surface area contributed by atoms with E-state index in [0.29, 0.717) is 43.2 Å². The lowest BCUT2D eigenvalue weighted by atomic mass is 10.2. The summed E-state index contributed by atoms with van der Waals surface area (Å²) >= 11 is 7.13. The average molecular weight is 464 g/mol. The molecule has 0 aliphatic heterocycles. The second-order valence-electron chi connectivity index (χ2n) is 6.84. The summed E-state index contributed by atoms with van der Waals surface area (Å²) in [5.74, 6) is 1.40. The summed E-state index contributed by atoms with van der Waals surface area (Å²) in [5, 5.41) is 4.97. The fraction of sp³-hybridized carbons (Fsp3) is 0.0435. The van der Waals surface area contributed by atoms with Gasteiger partial charge in [-0.25, -0.2) is 0 Å². The number of para-hydroxylation sites is 1. The predicted molar refractivity (Wildman–Crippen MR) is 122 cm³/mol. The van der Waals surface area contributed by atoms with Crippen LogP contribution >= 0.6 is 22.9 Å². The number of carbonyl (C=O) groups is 1. The van der Waals surface area contributed by atoms with E-state index in [2.05, 4.69) is 10.1 Å². The van der Waals surface area contributed by atoms with Crippen molar-refractivity contribution in [3.05, 3.63) is 86.3 Å². The second-order valence-corrected chi connectivity index (χ2v) is 8.29. The van der Waals surface area contributed by atoms with Crippen molar-refractivity contribution >= 4 is 39.9 Å². The summed E-state index contributed by atoms with van der Waals surface area (Å²) in [6, 6.07) is 17.8. The van der Waals surface area contributed by atoms with Gasteiger partial charge in [0.2, 0.25) is 4.96 Å². The number of thiazole rings is 1. The van der Waals surface area contributed by atoms with Gasteiger partial charge < -0.3 is 9.15 Å². The molecule has 0 aliphatic rings. The molecule has 0 amide bonds. The normalized spacial score (nSPS) is 11.9. The Kier molecular flexibility index (Phi) is 5.08. The molecule has 32 heavy (non-hydrogen) atoms. The molecule has 0 spiro atoms. The molecule has 5 rings (SSSR count). The quantitative estimate of drug-likeness (QED) is 0.293. The van der Waals surface area contributed by atoms with Crippen molar-refractivity contribution in [3.63, 3.8) is 0 Å². The molecule has 0 N–H and O–H groups in total. The first kappa shape index (κ1) is 20.2. The SMILES string of the molecule is CC(=O)Oc1ccccc1-c1nc2s/c(=C\c3ccc(-c4ccc(Cl)cc4)o3)c(=O)n2n1. The Labute approximate surface area is 190 Å². The number of ether oxygens (including phenoxy) is 1. The molecule has 9 heteroatoms. The molecular formula is C23H14ClN3O4S. The van der Waals surface area contributed by atoms with E-state index in [9.17, 15) is 9.59 Å². The molecular weight excluding hydrogens is 450 g/mol. The summed E-state index contributed by atoms with van der Waals surface area (Å²) in [5.41, 5.74) is 1.11. The largest absolute Gasteiger partial charge is 0.457 e. The van der Waals surface area contributed by atoms with Crippen LogP contribution in [0.1, 0.15) is 12.7 Å². The number of fused-ring (bicyclic) bond motifs is 1. The lowest BCUT2D eigenvalue weighted by molar-refractivity contribution is -0.131. The maximum atomic E-state index is 12.9. The lowest BCUT2D eigenvalue weighted by Gasteiger charge is -2.04. The molecule has 2 aromatic carbocycles. The predicted octanol–water partition coefficient (Wildman–Crippen LogP) is 4.20. The Bertz CT molecular complexity index is 1570. The van der Waals surface area contributed by atoms with E-state index in [-0.39, 0.29) is 5.56 Å². The van der Waals surface area contributed by atoms with Gasteiger partial charge in [0.25, 0.3) is 5.56 Å². The average Bonchev–Trinajstić information content (AvgIpc) is 3.46. The zero-order valence-corrected chi connectivity index (χ0v) is 18.2. The monoisotopic (exact) mass is 463 g/mol. The molecule has 0 aliphatic carbocycles. The van der Waals surface area contributed by atoms with Crippen LogP contribution in [0, 0.1) is 0 Å². The van der Waals surface area contributed by atoms with Crippen LogP contribution in [0.4, 0.5) is 0 Å². The highest BCUT2D eigenvalue weighted by Gasteiger charge is 2.16. The molecule has 0 bridgehead atoms. The molecule has 0 atom stereocenters. The van der Waals surface area contributed by atoms with E-state index >= 15 is 0 Å². The van der Waals surface area contributed by atoms with Crippen LogP contribution in [0.15, 0.2) is 69.9 Å². The summed E-state index contributed by atoms with van der Waals surface area (Å²) in [7, 11) is 0. The summed E-state index contributed by atoms with van der Waals surface area (Å²) in [6.45, 7) is 1.32. The van der Waals surface area contributed by atoms with Crippen molar-refractivity contribution < 1.29 is 13.9 Å². The number of furan rings is 1. The summed E-state index contributed by atoms with van der Waals surface area (Å²) < 4.78 is 12.8. The number of hydrogen-bond donors (Lipinski definition) is 0. The van der Waals surface area contributed by atoms with Gasteiger partial charge in [-0.2, -0.15) is 9.50 Å². The van der Waals surface area contributed by atoms with Gasteiger partial charge >= 0.3 is 5.97 Å². The molecule has 0 saturated carbocycles. The van der Waals surface area contributed by atoms with Crippen molar-refractivity contribution in [2.24, 2.45) is 0 Å². The van der Waals surface area contributed by atoms with Crippen LogP contribution in [0.5, 0.6) is 5.75 Å². The standard InChI is InChI=1S/C23H14ClN3O4S/c1-13(28)30-19-5-3-2-4-17(19)21-25-23-27(26-21)22(29)20(32-23)12-16-10-11-18(31-16)14-6-8-15(24)9-7-14/h2-12H,1H3/b20-12-. The molecule has 0 fully saturated rings. The first-order valence-corrected chi connectivity index (χ1v) is 10.7. The zero-order valence-electron chi connectivity index (χ0n) is 16.6. The third kappa shape index (κ3) is 3.81. The third-order valence-corrected chi connectivity index (χ3v) is 5.80. The van der Waals surface area contributed by atoms with E-state index in [4.69, 9.17) is 20.8 Å². The van der Waals surface area contributed by atoms with Crippen molar-refractivity contribution in [3.8, 4) is 28.5 Å². The highest BCUT2D eigenvalue weighted by atomic mass is 35.5. The minimum absolute atomic E-state index is 0.305. The Morgan fingerprint density at radius 1 is 1.12 bits per heavy atom. The number of nitrogens with zero attached hydrogens (tertiary/aromatic N) is 3. The Hall–Kier alpha value is -3.75. The number of hydrogen-bond acceptors (Lipinski definition) is 7. The summed E-state index contributed by atoms with van der Waals surface area (Å²) in [6.07, 6.45) is 1.66. The molecule has 3 heterocycles. The fourth-order valence-corrected chi connectivity index (χ4v) is 4.19. The van der Waals surface area contributed by atoms with Gasteiger partial charge in [0.1, 0.15) is 21.8 Å². The van der Waals surface area contributed by atoms with E-state index in [1.54, 1.807) is 48.5 Å². The zero-order chi connectivity index (χ0) is 22.2. The van der Waals surface area contributed by atoms with Crippen LogP contribution < -0.4 is 14.8 Å². The topological polar surface area (TPSA) is 86.7 Å². The Morgan fingerprint density at radius 3 is 2.66 bits per heavy atom. The van der Waals surface area contributed by atoms with Crippen LogP contribution in [0.3, 0.4) is 0 Å². The first-order chi connectivity index (χ1) is 15.5. The molecule has 0 radical (unpaired) electrons. The van der Waals surface area contributed by atoms with Gasteiger partial charge in [-0.15, -0.1) is 5.10 Å². The van der Waals surface area contributed by atoms with Crippen molar-refractivity contribution in [1.29, 1.82) is 0 Å². The molecule has 7 nitrogen and oxygen atoms in total. The minimum Gasteiger partial charge on any atom is -0.457 e. The maximum absolute atomic E-state index is 12.9. The number of rotatable bonds is 4. The first-order valence-electron chi connectivity index (χ1n) is 9.53. The minimum atomic E-state index is -0.448. The van der Waals surface area contributed by atoms with Crippen LogP contribution in [-0.2, 0) is 4.79 Å². The fourth-order valence-electron chi connectivity index (χ4n) is 3.17. The van der Waals surface area contributed by atoms with Crippen LogP contribution in [-0.4, -0.2) is 20.6 Å². The van der Waals surface area contributed by atoms with Crippen molar-refractivity contribution in [2.75, 3.05) is 0 Å². The van der Waals surface area contributed by atoms with Gasteiger partial charge in [0.15, 0.2) is 5.82 Å². The number of benzene rings is 2. The van der Waals surface area contributed by atoms with Gasteiger partial charge in [-0.3, -0.25) is 9.59 Å². The number of aromatic nitrogens is 3. The third-order valence-electron chi connectivity index (χ3n) is 4.59. The Morgan fingerprint density at radius 2 is 1.91 bits per heavy atom. The number of esters is 1. The molecule has 0 unspecified atom stereocenters. The van der Waals surface area contributed by atoms with Crippen LogP contribution in [0.25, 0.3) is 33.7 Å². The number of halogens is 1. The number of carbonyl (C=O) groups excluding carboxylic acids is 1. The molecule has 3 aromatic heterocycles. The Balaban J connectivity index is 1.50. The summed E-state index contributed by atoms with van der Waals surface area (Å²) in [4.78, 5) is 29.1. The van der Waals surface area contributed by atoms with Gasteiger partial charge in [0, 0.05) is 23.6 Å².